The third-order valence-corrected chi connectivity index (χ3v) is 3.21. The number of hydrazone groups is 1. The fourth-order valence-electron chi connectivity index (χ4n) is 1.98. The van der Waals surface area contributed by atoms with Crippen molar-refractivity contribution in [2.45, 2.75) is 26.7 Å². The molecule has 1 amide bonds. The van der Waals surface area contributed by atoms with Crippen molar-refractivity contribution in [2.75, 3.05) is 13.7 Å². The first-order chi connectivity index (χ1) is 10.2. The van der Waals surface area contributed by atoms with Gasteiger partial charge in [-0.2, -0.15) is 5.10 Å². The van der Waals surface area contributed by atoms with Crippen LogP contribution >= 0.6 is 0 Å². The highest BCUT2D eigenvalue weighted by atomic mass is 16.5. The first-order valence-electron chi connectivity index (χ1n) is 7.03. The molecule has 0 atom stereocenters. The van der Waals surface area contributed by atoms with E-state index >= 15 is 0 Å². The fourth-order valence-corrected chi connectivity index (χ4v) is 1.98. The van der Waals surface area contributed by atoms with Crippen LogP contribution < -0.4 is 14.9 Å². The second-order valence-electron chi connectivity index (χ2n) is 4.81. The van der Waals surface area contributed by atoms with Crippen LogP contribution in [0.3, 0.4) is 0 Å². The van der Waals surface area contributed by atoms with E-state index in [4.69, 9.17) is 9.47 Å². The molecule has 21 heavy (non-hydrogen) atoms. The SMILES string of the molecule is CCCCOc1ccc(C=C2C(=O)NN=C2C)cc1OC. The number of amides is 1. The fraction of sp³-hybridized carbons (Fsp3) is 0.375. The van der Waals surface area contributed by atoms with Crippen LogP contribution in [0, 0.1) is 0 Å². The summed E-state index contributed by atoms with van der Waals surface area (Å²) in [5.41, 5.74) is 4.56. The van der Waals surface area contributed by atoms with Crippen LogP contribution in [-0.4, -0.2) is 25.3 Å². The van der Waals surface area contributed by atoms with Crippen molar-refractivity contribution in [3.05, 3.63) is 29.3 Å². The van der Waals surface area contributed by atoms with Crippen molar-refractivity contribution < 1.29 is 14.3 Å². The number of nitrogens with zero attached hydrogens (tertiary/aromatic N) is 1. The van der Waals surface area contributed by atoms with Gasteiger partial charge in [0.05, 0.1) is 25.0 Å². The molecule has 0 saturated heterocycles. The van der Waals surface area contributed by atoms with E-state index in [9.17, 15) is 4.79 Å². The molecule has 1 aromatic rings. The molecule has 112 valence electrons. The van der Waals surface area contributed by atoms with Crippen LogP contribution in [0.25, 0.3) is 6.08 Å². The molecule has 0 bridgehead atoms. The van der Waals surface area contributed by atoms with Gasteiger partial charge in [-0.3, -0.25) is 4.79 Å². The molecule has 1 N–H and O–H groups in total. The molecular weight excluding hydrogens is 268 g/mol. The van der Waals surface area contributed by atoms with E-state index in [0.717, 1.165) is 24.2 Å². The van der Waals surface area contributed by atoms with Gasteiger partial charge in [0.2, 0.25) is 0 Å². The highest BCUT2D eigenvalue weighted by Gasteiger charge is 2.18. The second kappa shape index (κ2) is 6.92. The Labute approximate surface area is 124 Å². The van der Waals surface area contributed by atoms with Crippen LogP contribution in [0.15, 0.2) is 28.9 Å². The summed E-state index contributed by atoms with van der Waals surface area (Å²) in [7, 11) is 1.61. The molecule has 2 rings (SSSR count). The zero-order chi connectivity index (χ0) is 15.2. The van der Waals surface area contributed by atoms with Crippen molar-refractivity contribution in [3.63, 3.8) is 0 Å². The van der Waals surface area contributed by atoms with E-state index in [-0.39, 0.29) is 5.91 Å². The molecule has 0 aliphatic carbocycles. The van der Waals surface area contributed by atoms with Crippen LogP contribution in [0.1, 0.15) is 32.3 Å². The maximum Gasteiger partial charge on any atom is 0.273 e. The van der Waals surface area contributed by atoms with Crippen LogP contribution in [0.5, 0.6) is 11.5 Å². The monoisotopic (exact) mass is 288 g/mol. The van der Waals surface area contributed by atoms with Gasteiger partial charge in [-0.1, -0.05) is 19.4 Å². The Balaban J connectivity index is 2.21. The van der Waals surface area contributed by atoms with Crippen molar-refractivity contribution in [1.29, 1.82) is 0 Å². The molecule has 1 aliphatic rings. The number of hydrogen-bond donors (Lipinski definition) is 1. The lowest BCUT2D eigenvalue weighted by Crippen LogP contribution is -2.12. The van der Waals surface area contributed by atoms with Gasteiger partial charge in [0, 0.05) is 0 Å². The van der Waals surface area contributed by atoms with E-state index in [1.54, 1.807) is 20.1 Å². The lowest BCUT2D eigenvalue weighted by atomic mass is 10.1. The zero-order valence-corrected chi connectivity index (χ0v) is 12.6. The Morgan fingerprint density at radius 2 is 2.14 bits per heavy atom. The average Bonchev–Trinajstić information content (AvgIpc) is 2.80. The number of carbonyl (C=O) groups excluding carboxylic acids is 1. The lowest BCUT2D eigenvalue weighted by molar-refractivity contribution is -0.116. The Bertz CT molecular complexity index is 591. The quantitative estimate of drug-likeness (QED) is 0.647. The summed E-state index contributed by atoms with van der Waals surface area (Å²) in [6.45, 7) is 4.58. The smallest absolute Gasteiger partial charge is 0.273 e. The second-order valence-corrected chi connectivity index (χ2v) is 4.81. The van der Waals surface area contributed by atoms with Crippen molar-refractivity contribution >= 4 is 17.7 Å². The van der Waals surface area contributed by atoms with E-state index in [1.807, 2.05) is 18.2 Å². The van der Waals surface area contributed by atoms with Crippen molar-refractivity contribution in [3.8, 4) is 11.5 Å². The van der Waals surface area contributed by atoms with Gasteiger partial charge in [0.25, 0.3) is 5.91 Å². The van der Waals surface area contributed by atoms with E-state index < -0.39 is 0 Å². The molecule has 1 heterocycles. The minimum atomic E-state index is -0.185. The first kappa shape index (κ1) is 15.1. The van der Waals surface area contributed by atoms with Crippen LogP contribution in [0.2, 0.25) is 0 Å². The summed E-state index contributed by atoms with van der Waals surface area (Å²) >= 11 is 0. The minimum absolute atomic E-state index is 0.185. The predicted octanol–water partition coefficient (Wildman–Crippen LogP) is 2.76. The molecular formula is C16H20N2O3. The largest absolute Gasteiger partial charge is 0.493 e. The number of carbonyl (C=O) groups is 1. The lowest BCUT2D eigenvalue weighted by Gasteiger charge is -2.11. The number of ether oxygens (including phenoxy) is 2. The summed E-state index contributed by atoms with van der Waals surface area (Å²) in [5.74, 6) is 1.19. The number of methoxy groups -OCH3 is 1. The molecule has 5 heteroatoms. The standard InChI is InChI=1S/C16H20N2O3/c1-4-5-8-21-14-7-6-12(10-15(14)20-3)9-13-11(2)17-18-16(13)19/h6-7,9-10H,4-5,8H2,1-3H3,(H,18,19). The van der Waals surface area contributed by atoms with Gasteiger partial charge in [-0.15, -0.1) is 0 Å². The van der Waals surface area contributed by atoms with E-state index in [2.05, 4.69) is 17.5 Å². The van der Waals surface area contributed by atoms with Crippen LogP contribution in [0.4, 0.5) is 0 Å². The van der Waals surface area contributed by atoms with Crippen LogP contribution in [-0.2, 0) is 4.79 Å². The molecule has 1 aliphatic heterocycles. The third kappa shape index (κ3) is 3.62. The molecule has 0 unspecified atom stereocenters. The highest BCUT2D eigenvalue weighted by molar-refractivity contribution is 6.26. The van der Waals surface area contributed by atoms with Gasteiger partial charge >= 0.3 is 0 Å². The maximum absolute atomic E-state index is 11.6. The molecule has 0 radical (unpaired) electrons. The number of hydrogen-bond acceptors (Lipinski definition) is 4. The summed E-state index contributed by atoms with van der Waals surface area (Å²) in [4.78, 5) is 11.6. The molecule has 0 spiro atoms. The van der Waals surface area contributed by atoms with Gasteiger partial charge < -0.3 is 9.47 Å². The summed E-state index contributed by atoms with van der Waals surface area (Å²) < 4.78 is 11.0. The zero-order valence-electron chi connectivity index (χ0n) is 12.6. The van der Waals surface area contributed by atoms with Gasteiger partial charge in [0.15, 0.2) is 11.5 Å². The Morgan fingerprint density at radius 3 is 2.76 bits per heavy atom. The van der Waals surface area contributed by atoms with Gasteiger partial charge in [-0.25, -0.2) is 5.43 Å². The Hall–Kier alpha value is -2.30. The number of unbranched alkanes of at least 4 members (excludes halogenated alkanes) is 1. The third-order valence-electron chi connectivity index (χ3n) is 3.21. The van der Waals surface area contributed by atoms with Gasteiger partial charge in [-0.05, 0) is 37.1 Å². The van der Waals surface area contributed by atoms with Crippen molar-refractivity contribution in [1.82, 2.24) is 5.43 Å². The molecule has 5 nitrogen and oxygen atoms in total. The summed E-state index contributed by atoms with van der Waals surface area (Å²) in [6.07, 6.45) is 3.88. The molecule has 0 aromatic heterocycles. The van der Waals surface area contributed by atoms with E-state index in [1.165, 1.54) is 0 Å². The Kier molecular flexibility index (Phi) is 4.98. The number of nitrogens with one attached hydrogen (secondary N) is 1. The molecule has 0 saturated carbocycles. The topological polar surface area (TPSA) is 59.9 Å². The molecule has 1 aromatic carbocycles. The van der Waals surface area contributed by atoms with E-state index in [0.29, 0.717) is 23.6 Å². The molecule has 0 fully saturated rings. The van der Waals surface area contributed by atoms with Crippen molar-refractivity contribution in [2.24, 2.45) is 5.10 Å². The number of rotatable bonds is 6. The highest BCUT2D eigenvalue weighted by Crippen LogP contribution is 2.29. The first-order valence-corrected chi connectivity index (χ1v) is 7.03. The van der Waals surface area contributed by atoms with Gasteiger partial charge in [0.1, 0.15) is 0 Å². The summed E-state index contributed by atoms with van der Waals surface area (Å²) in [5, 5.41) is 3.90. The normalized spacial score (nSPS) is 15.9. The maximum atomic E-state index is 11.6. The predicted molar refractivity (Wildman–Crippen MR) is 82.6 cm³/mol. The average molecular weight is 288 g/mol. The Morgan fingerprint density at radius 1 is 1.33 bits per heavy atom. The number of benzene rings is 1. The minimum Gasteiger partial charge on any atom is -0.493 e. The summed E-state index contributed by atoms with van der Waals surface area (Å²) in [6, 6.07) is 5.61.